The highest BCUT2D eigenvalue weighted by atomic mass is 16.2. The zero-order valence-electron chi connectivity index (χ0n) is 12.4. The molecule has 1 unspecified atom stereocenters. The van der Waals surface area contributed by atoms with Crippen LogP contribution in [0.4, 0.5) is 10.5 Å². The molecule has 1 aromatic carbocycles. The molecule has 1 atom stereocenters. The lowest BCUT2D eigenvalue weighted by atomic mass is 10.1. The molecule has 0 heterocycles. The summed E-state index contributed by atoms with van der Waals surface area (Å²) in [7, 11) is 3.75. The van der Waals surface area contributed by atoms with E-state index in [0.717, 1.165) is 30.6 Å². The van der Waals surface area contributed by atoms with Gasteiger partial charge in [0.2, 0.25) is 0 Å². The number of amides is 2. The van der Waals surface area contributed by atoms with Crippen LogP contribution in [-0.2, 0) is 0 Å². The third-order valence-corrected chi connectivity index (χ3v) is 3.26. The normalized spacial score (nSPS) is 12.0. The molecule has 0 aliphatic carbocycles. The molecule has 19 heavy (non-hydrogen) atoms. The lowest BCUT2D eigenvalue weighted by Crippen LogP contribution is -2.32. The summed E-state index contributed by atoms with van der Waals surface area (Å²) in [4.78, 5) is 13.7. The molecule has 1 rings (SSSR count). The zero-order chi connectivity index (χ0) is 14.3. The number of hydrogen-bond acceptors (Lipinski definition) is 2. The Balaban J connectivity index is 2.63. The standard InChI is InChI=1S/C15H25N3O/c1-5-6-10-18(4)15(19)17-14-9-7-8-13(11-14)12(2)16-3/h7-9,11-12,16H,5-6,10H2,1-4H3,(H,17,19). The molecule has 2 amide bonds. The van der Waals surface area contributed by atoms with Crippen LogP contribution in [0.15, 0.2) is 24.3 Å². The molecule has 4 heteroatoms. The van der Waals surface area contributed by atoms with Crippen molar-refractivity contribution in [2.45, 2.75) is 32.7 Å². The molecule has 2 N–H and O–H groups in total. The smallest absolute Gasteiger partial charge is 0.321 e. The van der Waals surface area contributed by atoms with Gasteiger partial charge in [-0.25, -0.2) is 4.79 Å². The van der Waals surface area contributed by atoms with E-state index in [0.29, 0.717) is 0 Å². The van der Waals surface area contributed by atoms with Gasteiger partial charge in [0.15, 0.2) is 0 Å². The molecule has 0 saturated heterocycles. The van der Waals surface area contributed by atoms with E-state index in [9.17, 15) is 4.79 Å². The van der Waals surface area contributed by atoms with Crippen molar-refractivity contribution >= 4 is 11.7 Å². The van der Waals surface area contributed by atoms with Crippen LogP contribution in [0.3, 0.4) is 0 Å². The van der Waals surface area contributed by atoms with Crippen LogP contribution < -0.4 is 10.6 Å². The molecule has 0 aromatic heterocycles. The summed E-state index contributed by atoms with van der Waals surface area (Å²) in [6.07, 6.45) is 2.12. The summed E-state index contributed by atoms with van der Waals surface area (Å²) in [6, 6.07) is 8.16. The van der Waals surface area contributed by atoms with Crippen LogP contribution in [0.2, 0.25) is 0 Å². The second kappa shape index (κ2) is 7.79. The molecule has 0 aliphatic heterocycles. The average Bonchev–Trinajstić information content (AvgIpc) is 2.44. The van der Waals surface area contributed by atoms with Crippen LogP contribution in [0, 0.1) is 0 Å². The summed E-state index contributed by atoms with van der Waals surface area (Å²) in [5.74, 6) is 0. The SMILES string of the molecule is CCCCN(C)C(=O)Nc1cccc(C(C)NC)c1. The molecular formula is C15H25N3O. The van der Waals surface area contributed by atoms with Crippen LogP contribution >= 0.6 is 0 Å². The molecule has 0 spiro atoms. The maximum absolute atomic E-state index is 12.0. The first-order chi connectivity index (χ1) is 9.08. The fourth-order valence-corrected chi connectivity index (χ4v) is 1.77. The first-order valence-electron chi connectivity index (χ1n) is 6.87. The lowest BCUT2D eigenvalue weighted by molar-refractivity contribution is 0.222. The Bertz CT molecular complexity index is 406. The predicted molar refractivity (Wildman–Crippen MR) is 80.5 cm³/mol. The molecular weight excluding hydrogens is 238 g/mol. The van der Waals surface area contributed by atoms with E-state index in [2.05, 4.69) is 30.5 Å². The lowest BCUT2D eigenvalue weighted by Gasteiger charge is -2.18. The summed E-state index contributed by atoms with van der Waals surface area (Å²) in [5, 5.41) is 6.12. The van der Waals surface area contributed by atoms with Crippen LogP contribution in [0.1, 0.15) is 38.3 Å². The number of unbranched alkanes of at least 4 members (excludes halogenated alkanes) is 1. The van der Waals surface area contributed by atoms with Gasteiger partial charge >= 0.3 is 6.03 Å². The Morgan fingerprint density at radius 1 is 1.42 bits per heavy atom. The van der Waals surface area contributed by atoms with E-state index in [1.807, 2.05) is 32.3 Å². The summed E-state index contributed by atoms with van der Waals surface area (Å²) >= 11 is 0. The summed E-state index contributed by atoms with van der Waals surface area (Å²) < 4.78 is 0. The molecule has 0 radical (unpaired) electrons. The van der Waals surface area contributed by atoms with Crippen molar-refractivity contribution in [2.24, 2.45) is 0 Å². The number of carbonyl (C=O) groups is 1. The number of carbonyl (C=O) groups excluding carboxylic acids is 1. The Hall–Kier alpha value is -1.55. The van der Waals surface area contributed by atoms with Crippen LogP contribution in [0.25, 0.3) is 0 Å². The third-order valence-electron chi connectivity index (χ3n) is 3.26. The number of nitrogens with zero attached hydrogens (tertiary/aromatic N) is 1. The highest BCUT2D eigenvalue weighted by Gasteiger charge is 2.09. The maximum Gasteiger partial charge on any atom is 0.321 e. The van der Waals surface area contributed by atoms with Gasteiger partial charge in [0.25, 0.3) is 0 Å². The highest BCUT2D eigenvalue weighted by molar-refractivity contribution is 5.89. The van der Waals surface area contributed by atoms with Gasteiger partial charge in [0.05, 0.1) is 0 Å². The number of hydrogen-bond donors (Lipinski definition) is 2. The first-order valence-corrected chi connectivity index (χ1v) is 6.87. The molecule has 1 aromatic rings. The van der Waals surface area contributed by atoms with Gasteiger partial charge in [-0.05, 0) is 38.1 Å². The third kappa shape index (κ3) is 4.91. The molecule has 106 valence electrons. The van der Waals surface area contributed by atoms with E-state index in [1.165, 1.54) is 0 Å². The van der Waals surface area contributed by atoms with Gasteiger partial charge in [0.1, 0.15) is 0 Å². The number of rotatable bonds is 6. The molecule has 4 nitrogen and oxygen atoms in total. The quantitative estimate of drug-likeness (QED) is 0.827. The molecule has 0 aliphatic rings. The number of nitrogens with one attached hydrogen (secondary N) is 2. The van der Waals surface area contributed by atoms with Gasteiger partial charge in [-0.1, -0.05) is 25.5 Å². The fraction of sp³-hybridized carbons (Fsp3) is 0.533. The van der Waals surface area contributed by atoms with Crippen molar-refractivity contribution in [1.29, 1.82) is 0 Å². The summed E-state index contributed by atoms with van der Waals surface area (Å²) in [6.45, 7) is 5.00. The van der Waals surface area contributed by atoms with Crippen LogP contribution in [-0.4, -0.2) is 31.6 Å². The topological polar surface area (TPSA) is 44.4 Å². The van der Waals surface area contributed by atoms with Gasteiger partial charge in [-0.2, -0.15) is 0 Å². The Labute approximate surface area is 116 Å². The van der Waals surface area contributed by atoms with E-state index < -0.39 is 0 Å². The Kier molecular flexibility index (Phi) is 6.36. The highest BCUT2D eigenvalue weighted by Crippen LogP contribution is 2.17. The largest absolute Gasteiger partial charge is 0.328 e. The van der Waals surface area contributed by atoms with Crippen molar-refractivity contribution in [3.63, 3.8) is 0 Å². The number of anilines is 1. The van der Waals surface area contributed by atoms with Crippen molar-refractivity contribution < 1.29 is 4.79 Å². The monoisotopic (exact) mass is 263 g/mol. The molecule has 0 fully saturated rings. The Morgan fingerprint density at radius 2 is 2.16 bits per heavy atom. The van der Waals surface area contributed by atoms with Crippen LogP contribution in [0.5, 0.6) is 0 Å². The molecule has 0 saturated carbocycles. The van der Waals surface area contributed by atoms with Gasteiger partial charge in [-0.15, -0.1) is 0 Å². The van der Waals surface area contributed by atoms with E-state index in [-0.39, 0.29) is 12.1 Å². The molecule has 0 bridgehead atoms. The number of urea groups is 1. The Morgan fingerprint density at radius 3 is 2.79 bits per heavy atom. The van der Waals surface area contributed by atoms with Gasteiger partial charge in [-0.3, -0.25) is 0 Å². The zero-order valence-corrected chi connectivity index (χ0v) is 12.4. The minimum Gasteiger partial charge on any atom is -0.328 e. The van der Waals surface area contributed by atoms with Crippen molar-refractivity contribution in [3.8, 4) is 0 Å². The minimum atomic E-state index is -0.0530. The first kappa shape index (κ1) is 15.5. The van der Waals surface area contributed by atoms with Gasteiger partial charge < -0.3 is 15.5 Å². The second-order valence-corrected chi connectivity index (χ2v) is 4.84. The second-order valence-electron chi connectivity index (χ2n) is 4.84. The average molecular weight is 263 g/mol. The van der Waals surface area contributed by atoms with Crippen molar-refractivity contribution in [1.82, 2.24) is 10.2 Å². The number of benzene rings is 1. The predicted octanol–water partition coefficient (Wildman–Crippen LogP) is 3.23. The van der Waals surface area contributed by atoms with Gasteiger partial charge in [0, 0.05) is 25.3 Å². The van der Waals surface area contributed by atoms with E-state index in [4.69, 9.17) is 0 Å². The van der Waals surface area contributed by atoms with Crippen molar-refractivity contribution in [3.05, 3.63) is 29.8 Å². The van der Waals surface area contributed by atoms with E-state index in [1.54, 1.807) is 4.90 Å². The maximum atomic E-state index is 12.0. The minimum absolute atomic E-state index is 0.0530. The summed E-state index contributed by atoms with van der Waals surface area (Å²) in [5.41, 5.74) is 2.00. The fourth-order valence-electron chi connectivity index (χ4n) is 1.77. The van der Waals surface area contributed by atoms with E-state index >= 15 is 0 Å². The van der Waals surface area contributed by atoms with Crippen molar-refractivity contribution in [2.75, 3.05) is 26.0 Å².